The Morgan fingerprint density at radius 2 is 1.67 bits per heavy atom. The van der Waals surface area contributed by atoms with E-state index in [0.29, 0.717) is 0 Å². The van der Waals surface area contributed by atoms with E-state index in [1.165, 1.54) is 11.1 Å². The van der Waals surface area contributed by atoms with Crippen molar-refractivity contribution in [1.82, 2.24) is 15.1 Å². The van der Waals surface area contributed by atoms with E-state index in [0.717, 1.165) is 75.7 Å². The molecule has 6 heteroatoms. The number of rotatable bonds is 10. The van der Waals surface area contributed by atoms with Crippen LogP contribution < -0.4 is 5.32 Å². The van der Waals surface area contributed by atoms with Gasteiger partial charge in [-0.15, -0.1) is 0 Å². The lowest BCUT2D eigenvalue weighted by molar-refractivity contribution is -0.126. The molecule has 2 N–H and O–H groups in total. The molecule has 2 fully saturated rings. The number of hydrogen-bond donors (Lipinski definition) is 2. The van der Waals surface area contributed by atoms with E-state index in [2.05, 4.69) is 93.4 Å². The van der Waals surface area contributed by atoms with Crippen LogP contribution in [0.15, 0.2) is 59.1 Å². The molecule has 0 aliphatic carbocycles. The molecule has 0 aromatic heterocycles. The van der Waals surface area contributed by atoms with Gasteiger partial charge in [0.15, 0.2) is 0 Å². The normalized spacial score (nSPS) is 21.2. The summed E-state index contributed by atoms with van der Waals surface area (Å²) in [5.41, 5.74) is 2.43. The van der Waals surface area contributed by atoms with Crippen molar-refractivity contribution in [2.24, 2.45) is 11.3 Å². The number of carbonyl (C=O) groups is 1. The maximum atomic E-state index is 12.9. The minimum atomic E-state index is -0.375. The summed E-state index contributed by atoms with van der Waals surface area (Å²) < 4.78 is 1.08. The molecule has 2 aliphatic heterocycles. The summed E-state index contributed by atoms with van der Waals surface area (Å²) in [7, 11) is 0. The molecule has 0 radical (unpaired) electrons. The fourth-order valence-corrected chi connectivity index (χ4v) is 6.26. The number of aliphatic hydroxyl groups is 1. The highest BCUT2D eigenvalue weighted by molar-refractivity contribution is 9.10. The number of nitrogens with zero attached hydrogens (tertiary/aromatic N) is 2. The van der Waals surface area contributed by atoms with Crippen LogP contribution in [0.4, 0.5) is 0 Å². The monoisotopic (exact) mass is 555 g/mol. The third-order valence-corrected chi connectivity index (χ3v) is 9.08. The highest BCUT2D eigenvalue weighted by atomic mass is 79.9. The molecular weight excluding hydrogens is 514 g/mol. The average molecular weight is 557 g/mol. The van der Waals surface area contributed by atoms with Crippen molar-refractivity contribution < 1.29 is 9.90 Å². The summed E-state index contributed by atoms with van der Waals surface area (Å²) >= 11 is 3.50. The molecule has 5 nitrogen and oxygen atoms in total. The third kappa shape index (κ3) is 6.58. The smallest absolute Gasteiger partial charge is 0.223 e. The fourth-order valence-electron chi connectivity index (χ4n) is 5.99. The number of nitrogens with one attached hydrogen (secondary N) is 1. The molecule has 2 unspecified atom stereocenters. The molecule has 2 aromatic rings. The molecule has 2 heterocycles. The summed E-state index contributed by atoms with van der Waals surface area (Å²) in [4.78, 5) is 17.6. The summed E-state index contributed by atoms with van der Waals surface area (Å²) in [6.07, 6.45) is 5.40. The van der Waals surface area contributed by atoms with E-state index in [4.69, 9.17) is 0 Å². The lowest BCUT2D eigenvalue weighted by Gasteiger charge is -2.42. The molecule has 36 heavy (non-hydrogen) atoms. The molecule has 2 atom stereocenters. The van der Waals surface area contributed by atoms with Gasteiger partial charge in [0.05, 0.1) is 6.04 Å². The number of benzene rings is 2. The summed E-state index contributed by atoms with van der Waals surface area (Å²) in [5.74, 6) is 0.252. The van der Waals surface area contributed by atoms with Gasteiger partial charge in [-0.1, -0.05) is 72.2 Å². The maximum absolute atomic E-state index is 12.9. The summed E-state index contributed by atoms with van der Waals surface area (Å²) in [6, 6.07) is 18.8. The first-order valence-electron chi connectivity index (χ1n) is 13.7. The van der Waals surface area contributed by atoms with Crippen molar-refractivity contribution in [2.75, 3.05) is 26.2 Å². The van der Waals surface area contributed by atoms with Crippen LogP contribution in [0.2, 0.25) is 0 Å². The van der Waals surface area contributed by atoms with Crippen LogP contribution in [-0.4, -0.2) is 53.2 Å². The predicted molar refractivity (Wildman–Crippen MR) is 149 cm³/mol. The number of amides is 1. The van der Waals surface area contributed by atoms with Gasteiger partial charge in [0.2, 0.25) is 5.91 Å². The zero-order chi connectivity index (χ0) is 25.5. The Hall–Kier alpha value is -1.73. The lowest BCUT2D eigenvalue weighted by atomic mass is 9.76. The molecular formula is C30H42BrN3O2. The van der Waals surface area contributed by atoms with Gasteiger partial charge in [0.1, 0.15) is 6.23 Å². The average Bonchev–Trinajstić information content (AvgIpc) is 3.19. The van der Waals surface area contributed by atoms with Gasteiger partial charge in [0.25, 0.3) is 0 Å². The van der Waals surface area contributed by atoms with E-state index in [1.54, 1.807) is 0 Å². The van der Waals surface area contributed by atoms with Crippen molar-refractivity contribution in [3.05, 3.63) is 70.2 Å². The van der Waals surface area contributed by atoms with Crippen LogP contribution in [0, 0.1) is 11.3 Å². The first-order valence-corrected chi connectivity index (χ1v) is 14.5. The first kappa shape index (κ1) is 27.3. The van der Waals surface area contributed by atoms with E-state index in [1.807, 2.05) is 6.07 Å². The van der Waals surface area contributed by atoms with Gasteiger partial charge in [-0.2, -0.15) is 0 Å². The summed E-state index contributed by atoms with van der Waals surface area (Å²) in [5, 5.41) is 14.6. The Morgan fingerprint density at radius 3 is 2.31 bits per heavy atom. The topological polar surface area (TPSA) is 55.8 Å². The first-order chi connectivity index (χ1) is 17.4. The Bertz CT molecular complexity index is 956. The highest BCUT2D eigenvalue weighted by Gasteiger charge is 2.47. The molecule has 2 aromatic carbocycles. The number of hydrogen-bond acceptors (Lipinski definition) is 4. The van der Waals surface area contributed by atoms with Crippen LogP contribution in [0.25, 0.3) is 0 Å². The third-order valence-electron chi connectivity index (χ3n) is 8.55. The van der Waals surface area contributed by atoms with Crippen LogP contribution >= 0.6 is 15.9 Å². The molecule has 2 saturated heterocycles. The number of halogens is 1. The van der Waals surface area contributed by atoms with Gasteiger partial charge in [-0.3, -0.25) is 9.69 Å². The van der Waals surface area contributed by atoms with E-state index >= 15 is 0 Å². The van der Waals surface area contributed by atoms with Crippen molar-refractivity contribution in [1.29, 1.82) is 0 Å². The fraction of sp³-hybridized carbons (Fsp3) is 0.567. The van der Waals surface area contributed by atoms with Crippen LogP contribution in [0.3, 0.4) is 0 Å². The standard InChI is InChI=1S/C30H42BrN3O2/c1-3-24(4-2)28(35)32-27(25-8-6-5-7-9-25)14-18-33-19-15-30(16-20-33)17-21-34(29(30)36)22-23-10-12-26(31)13-11-23/h5-13,24,27,29,36H,3-4,14-22H2,1-2H3,(H,32,35). The van der Waals surface area contributed by atoms with Gasteiger partial charge in [0, 0.05) is 35.4 Å². The van der Waals surface area contributed by atoms with Crippen LogP contribution in [0.5, 0.6) is 0 Å². The predicted octanol–water partition coefficient (Wildman–Crippen LogP) is 5.74. The lowest BCUT2D eigenvalue weighted by Crippen LogP contribution is -2.47. The van der Waals surface area contributed by atoms with E-state index in [-0.39, 0.29) is 29.5 Å². The SMILES string of the molecule is CCC(CC)C(=O)NC(CCN1CCC2(CC1)CCN(Cc1ccc(Br)cc1)C2O)c1ccccc1. The molecule has 0 bridgehead atoms. The second-order valence-corrected chi connectivity index (χ2v) is 11.6. The van der Waals surface area contributed by atoms with Gasteiger partial charge in [-0.25, -0.2) is 0 Å². The van der Waals surface area contributed by atoms with Gasteiger partial charge >= 0.3 is 0 Å². The van der Waals surface area contributed by atoms with Crippen molar-refractivity contribution in [3.63, 3.8) is 0 Å². The largest absolute Gasteiger partial charge is 0.378 e. The minimum absolute atomic E-state index is 0.00832. The quantitative estimate of drug-likeness (QED) is 0.392. The zero-order valence-electron chi connectivity index (χ0n) is 21.8. The number of likely N-dealkylation sites (tertiary alicyclic amines) is 2. The zero-order valence-corrected chi connectivity index (χ0v) is 23.4. The molecule has 4 rings (SSSR count). The molecule has 196 valence electrons. The van der Waals surface area contributed by atoms with Crippen molar-refractivity contribution in [3.8, 4) is 0 Å². The van der Waals surface area contributed by atoms with Crippen molar-refractivity contribution in [2.45, 2.75) is 71.2 Å². The molecule has 2 aliphatic rings. The highest BCUT2D eigenvalue weighted by Crippen LogP contribution is 2.45. The number of aliphatic hydroxyl groups excluding tert-OH is 1. The van der Waals surface area contributed by atoms with Crippen LogP contribution in [0.1, 0.15) is 69.5 Å². The van der Waals surface area contributed by atoms with E-state index in [9.17, 15) is 9.90 Å². The van der Waals surface area contributed by atoms with Crippen molar-refractivity contribution >= 4 is 21.8 Å². The second-order valence-electron chi connectivity index (χ2n) is 10.7. The van der Waals surface area contributed by atoms with Crippen LogP contribution in [-0.2, 0) is 11.3 Å². The molecule has 0 saturated carbocycles. The maximum Gasteiger partial charge on any atom is 0.223 e. The van der Waals surface area contributed by atoms with Gasteiger partial charge in [-0.05, 0) is 74.9 Å². The molecule has 1 amide bonds. The Labute approximate surface area is 225 Å². The number of piperidine rings is 1. The van der Waals surface area contributed by atoms with Gasteiger partial charge < -0.3 is 15.3 Å². The molecule has 1 spiro atoms. The van der Waals surface area contributed by atoms with E-state index < -0.39 is 0 Å². The summed E-state index contributed by atoms with van der Waals surface area (Å²) in [6.45, 7) is 8.90. The number of carbonyl (C=O) groups excluding carboxylic acids is 1. The Kier molecular flexibility index (Phi) is 9.62. The Morgan fingerprint density at radius 1 is 1.03 bits per heavy atom. The minimum Gasteiger partial charge on any atom is -0.378 e. The Balaban J connectivity index is 1.31. The second kappa shape index (κ2) is 12.7.